The van der Waals surface area contributed by atoms with Gasteiger partial charge in [0.25, 0.3) is 0 Å². The predicted molar refractivity (Wildman–Crippen MR) is 79.3 cm³/mol. The maximum atomic E-state index is 12.7. The van der Waals surface area contributed by atoms with E-state index in [1.54, 1.807) is 0 Å². The molecule has 1 aliphatic rings. The highest BCUT2D eigenvalue weighted by Gasteiger charge is 2.29. The van der Waals surface area contributed by atoms with Crippen molar-refractivity contribution in [3.8, 4) is 5.75 Å². The number of rotatable bonds is 5. The maximum absolute atomic E-state index is 12.7. The van der Waals surface area contributed by atoms with Gasteiger partial charge >= 0.3 is 0 Å². The molecule has 0 saturated heterocycles. The van der Waals surface area contributed by atoms with E-state index in [1.807, 2.05) is 24.3 Å². The molecular formula is C15H19N5O2. The number of benzene rings is 1. The number of aromatic amines is 1. The summed E-state index contributed by atoms with van der Waals surface area (Å²) in [5, 5.41) is 17.0. The van der Waals surface area contributed by atoms with Gasteiger partial charge in [-0.05, 0) is 18.9 Å². The minimum Gasteiger partial charge on any atom is -0.493 e. The first-order valence-electron chi connectivity index (χ1n) is 7.55. The van der Waals surface area contributed by atoms with Crippen LogP contribution in [0, 0.1) is 0 Å². The Morgan fingerprint density at radius 2 is 2.36 bits per heavy atom. The van der Waals surface area contributed by atoms with Crippen LogP contribution in [0.15, 0.2) is 24.3 Å². The molecule has 0 radical (unpaired) electrons. The Morgan fingerprint density at radius 3 is 3.14 bits per heavy atom. The number of amides is 1. The minimum absolute atomic E-state index is 0.0148. The van der Waals surface area contributed by atoms with Crippen LogP contribution in [0.5, 0.6) is 5.75 Å². The second kappa shape index (κ2) is 6.55. The molecule has 116 valence electrons. The topological polar surface area (TPSA) is 92.8 Å². The Kier molecular flexibility index (Phi) is 4.32. The second-order valence-corrected chi connectivity index (χ2v) is 5.35. The van der Waals surface area contributed by atoms with Gasteiger partial charge in [0.1, 0.15) is 5.75 Å². The van der Waals surface area contributed by atoms with Crippen LogP contribution in [0.2, 0.25) is 0 Å². The van der Waals surface area contributed by atoms with Crippen molar-refractivity contribution in [2.45, 2.75) is 38.1 Å². The molecule has 2 atom stereocenters. The van der Waals surface area contributed by atoms with Crippen molar-refractivity contribution in [3.05, 3.63) is 35.7 Å². The van der Waals surface area contributed by atoms with Crippen LogP contribution in [-0.2, 0) is 4.79 Å². The summed E-state index contributed by atoms with van der Waals surface area (Å²) in [6.45, 7) is 2.61. The van der Waals surface area contributed by atoms with Crippen LogP contribution in [-0.4, -0.2) is 33.1 Å². The Morgan fingerprint density at radius 1 is 1.50 bits per heavy atom. The largest absolute Gasteiger partial charge is 0.493 e. The summed E-state index contributed by atoms with van der Waals surface area (Å²) in [6, 6.07) is 7.47. The predicted octanol–water partition coefficient (Wildman–Crippen LogP) is 1.72. The monoisotopic (exact) mass is 301 g/mol. The average molecular weight is 301 g/mol. The second-order valence-electron chi connectivity index (χ2n) is 5.35. The van der Waals surface area contributed by atoms with E-state index in [9.17, 15) is 4.79 Å². The fraction of sp³-hybridized carbons (Fsp3) is 0.467. The van der Waals surface area contributed by atoms with Crippen LogP contribution in [0.1, 0.15) is 49.5 Å². The van der Waals surface area contributed by atoms with Crippen molar-refractivity contribution in [3.63, 3.8) is 0 Å². The summed E-state index contributed by atoms with van der Waals surface area (Å²) >= 11 is 0. The summed E-state index contributed by atoms with van der Waals surface area (Å²) in [5.74, 6) is 1.10. The van der Waals surface area contributed by atoms with Gasteiger partial charge in [-0.1, -0.05) is 36.8 Å². The van der Waals surface area contributed by atoms with Crippen molar-refractivity contribution < 1.29 is 9.53 Å². The van der Waals surface area contributed by atoms with Gasteiger partial charge in [0, 0.05) is 5.56 Å². The number of nitrogens with zero attached hydrogens (tertiary/aromatic N) is 3. The fourth-order valence-electron chi connectivity index (χ4n) is 2.76. The fourth-order valence-corrected chi connectivity index (χ4v) is 2.76. The third kappa shape index (κ3) is 2.93. The highest BCUT2D eigenvalue weighted by Crippen LogP contribution is 2.33. The number of carbonyl (C=O) groups is 1. The molecule has 0 fully saturated rings. The molecule has 0 saturated carbocycles. The summed E-state index contributed by atoms with van der Waals surface area (Å²) in [4.78, 5) is 12.7. The third-order valence-corrected chi connectivity index (χ3v) is 3.84. The van der Waals surface area contributed by atoms with E-state index in [0.717, 1.165) is 24.2 Å². The van der Waals surface area contributed by atoms with E-state index in [1.165, 1.54) is 0 Å². The smallest absolute Gasteiger partial charge is 0.228 e. The molecule has 0 spiro atoms. The first-order chi connectivity index (χ1) is 10.8. The molecular weight excluding hydrogens is 282 g/mol. The van der Waals surface area contributed by atoms with E-state index < -0.39 is 0 Å². The first-order valence-corrected chi connectivity index (χ1v) is 7.55. The number of hydrogen-bond acceptors (Lipinski definition) is 5. The number of nitrogens with one attached hydrogen (secondary N) is 2. The van der Waals surface area contributed by atoms with Gasteiger partial charge in [-0.25, -0.2) is 0 Å². The van der Waals surface area contributed by atoms with Crippen LogP contribution in [0.25, 0.3) is 0 Å². The van der Waals surface area contributed by atoms with E-state index >= 15 is 0 Å². The molecule has 0 bridgehead atoms. The third-order valence-electron chi connectivity index (χ3n) is 3.84. The van der Waals surface area contributed by atoms with Gasteiger partial charge < -0.3 is 10.1 Å². The van der Waals surface area contributed by atoms with E-state index in [0.29, 0.717) is 18.9 Å². The number of hydrogen-bond donors (Lipinski definition) is 2. The average Bonchev–Trinajstić information content (AvgIpc) is 3.08. The van der Waals surface area contributed by atoms with Crippen LogP contribution < -0.4 is 10.1 Å². The van der Waals surface area contributed by atoms with Gasteiger partial charge in [-0.15, -0.1) is 10.2 Å². The summed E-state index contributed by atoms with van der Waals surface area (Å²) in [5.41, 5.74) is 0.939. The lowest BCUT2D eigenvalue weighted by molar-refractivity contribution is -0.124. The van der Waals surface area contributed by atoms with Crippen molar-refractivity contribution in [1.29, 1.82) is 0 Å². The number of H-pyrrole nitrogens is 1. The lowest BCUT2D eigenvalue weighted by atomic mass is 9.92. The molecule has 7 heteroatoms. The summed E-state index contributed by atoms with van der Waals surface area (Å²) < 4.78 is 5.61. The molecule has 3 rings (SSSR count). The number of para-hydroxylation sites is 1. The number of fused-ring (bicyclic) bond motifs is 1. The Bertz CT molecular complexity index is 629. The molecule has 2 heterocycles. The highest BCUT2D eigenvalue weighted by molar-refractivity contribution is 5.85. The SMILES string of the molecule is CCC[C@@H](NC(=O)[C@H]1CCOc2ccccc21)c1nn[nH]n1. The van der Waals surface area contributed by atoms with Gasteiger partial charge in [-0.3, -0.25) is 4.79 Å². The van der Waals surface area contributed by atoms with Crippen LogP contribution in [0.4, 0.5) is 0 Å². The summed E-state index contributed by atoms with van der Waals surface area (Å²) in [7, 11) is 0. The van der Waals surface area contributed by atoms with Gasteiger partial charge in [0.2, 0.25) is 5.91 Å². The molecule has 0 aliphatic carbocycles. The quantitative estimate of drug-likeness (QED) is 0.877. The zero-order valence-electron chi connectivity index (χ0n) is 12.5. The van der Waals surface area contributed by atoms with Crippen molar-refractivity contribution in [2.75, 3.05) is 6.61 Å². The van der Waals surface area contributed by atoms with E-state index in [-0.39, 0.29) is 17.9 Å². The molecule has 2 aromatic rings. The van der Waals surface area contributed by atoms with E-state index in [2.05, 4.69) is 32.9 Å². The number of ether oxygens (including phenoxy) is 1. The van der Waals surface area contributed by atoms with E-state index in [4.69, 9.17) is 4.74 Å². The molecule has 1 aromatic carbocycles. The minimum atomic E-state index is -0.216. The maximum Gasteiger partial charge on any atom is 0.228 e. The summed E-state index contributed by atoms with van der Waals surface area (Å²) in [6.07, 6.45) is 2.37. The van der Waals surface area contributed by atoms with Gasteiger partial charge in [0.05, 0.1) is 18.6 Å². The van der Waals surface area contributed by atoms with Gasteiger partial charge in [-0.2, -0.15) is 5.21 Å². The number of tetrazole rings is 1. The molecule has 1 aromatic heterocycles. The van der Waals surface area contributed by atoms with Crippen molar-refractivity contribution in [1.82, 2.24) is 25.9 Å². The molecule has 0 unspecified atom stereocenters. The zero-order valence-corrected chi connectivity index (χ0v) is 12.5. The normalized spacial score (nSPS) is 18.1. The standard InChI is InChI=1S/C15H19N5O2/c1-2-5-12(14-17-19-20-18-14)16-15(21)11-8-9-22-13-7-4-3-6-10(11)13/h3-4,6-7,11-12H,2,5,8-9H2,1H3,(H,16,21)(H,17,18,19,20)/t11-,12+/m0/s1. The molecule has 1 aliphatic heterocycles. The number of aromatic nitrogens is 4. The number of carbonyl (C=O) groups excluding carboxylic acids is 1. The Hall–Kier alpha value is -2.44. The lowest BCUT2D eigenvalue weighted by Crippen LogP contribution is -2.35. The van der Waals surface area contributed by atoms with Crippen LogP contribution >= 0.6 is 0 Å². The Balaban J connectivity index is 1.77. The lowest BCUT2D eigenvalue weighted by Gasteiger charge is -2.26. The van der Waals surface area contributed by atoms with Crippen LogP contribution in [0.3, 0.4) is 0 Å². The molecule has 1 amide bonds. The molecule has 7 nitrogen and oxygen atoms in total. The van der Waals surface area contributed by atoms with Crippen molar-refractivity contribution >= 4 is 5.91 Å². The highest BCUT2D eigenvalue weighted by atomic mass is 16.5. The molecule has 2 N–H and O–H groups in total. The molecule has 22 heavy (non-hydrogen) atoms. The van der Waals surface area contributed by atoms with Gasteiger partial charge in [0.15, 0.2) is 5.82 Å². The zero-order chi connectivity index (χ0) is 15.4. The van der Waals surface area contributed by atoms with Crippen molar-refractivity contribution in [2.24, 2.45) is 0 Å². The first kappa shape index (κ1) is 14.5. The Labute approximate surface area is 128 Å².